The van der Waals surface area contributed by atoms with Crippen LogP contribution in [0.3, 0.4) is 0 Å². The zero-order chi connectivity index (χ0) is 25.5. The molecule has 1 N–H and O–H groups in total. The highest BCUT2D eigenvalue weighted by Gasteiger charge is 2.30. The van der Waals surface area contributed by atoms with Crippen LogP contribution < -0.4 is 5.32 Å². The van der Waals surface area contributed by atoms with E-state index in [0.29, 0.717) is 24.5 Å². The van der Waals surface area contributed by atoms with E-state index in [1.165, 1.54) is 5.56 Å². The van der Waals surface area contributed by atoms with Crippen molar-refractivity contribution < 1.29 is 13.2 Å². The minimum atomic E-state index is -3.68. The molecule has 0 saturated heterocycles. The number of hydrogen-bond donors (Lipinski definition) is 1. The van der Waals surface area contributed by atoms with Gasteiger partial charge in [0.1, 0.15) is 0 Å². The first-order chi connectivity index (χ1) is 17.3. The zero-order valence-corrected chi connectivity index (χ0v) is 22.1. The summed E-state index contributed by atoms with van der Waals surface area (Å²) < 4.78 is 28.7. The smallest absolute Gasteiger partial charge is 0.243 e. The number of carbonyl (C=O) groups excluding carboxylic acids is 1. The Labute approximate surface area is 219 Å². The minimum absolute atomic E-state index is 0.0401. The van der Waals surface area contributed by atoms with Crippen molar-refractivity contribution in [1.82, 2.24) is 9.62 Å². The molecule has 5 nitrogen and oxygen atoms in total. The fourth-order valence-electron chi connectivity index (χ4n) is 4.74. The van der Waals surface area contributed by atoms with Gasteiger partial charge in [0.05, 0.1) is 11.3 Å². The quantitative estimate of drug-likeness (QED) is 0.387. The molecule has 1 amide bonds. The van der Waals surface area contributed by atoms with E-state index in [9.17, 15) is 13.2 Å². The fraction of sp³-hybridized carbons (Fsp3) is 0.345. The molecule has 7 heteroatoms. The second-order valence-corrected chi connectivity index (χ2v) is 12.1. The first-order valence-corrected chi connectivity index (χ1v) is 14.3. The van der Waals surface area contributed by atoms with Gasteiger partial charge in [-0.25, -0.2) is 8.42 Å². The van der Waals surface area contributed by atoms with Crippen molar-refractivity contribution in [2.45, 2.75) is 56.5 Å². The Morgan fingerprint density at radius 3 is 2.17 bits per heavy atom. The van der Waals surface area contributed by atoms with Crippen molar-refractivity contribution >= 4 is 27.5 Å². The van der Waals surface area contributed by atoms with Crippen LogP contribution in [0.15, 0.2) is 83.8 Å². The summed E-state index contributed by atoms with van der Waals surface area (Å²) >= 11 is 5.99. The molecule has 0 unspecified atom stereocenters. The van der Waals surface area contributed by atoms with Gasteiger partial charge in [0, 0.05) is 24.2 Å². The number of nitrogens with zero attached hydrogens (tertiary/aromatic N) is 1. The maximum Gasteiger partial charge on any atom is 0.243 e. The summed E-state index contributed by atoms with van der Waals surface area (Å²) in [5.41, 5.74) is 3.14. The molecule has 1 aliphatic rings. The Morgan fingerprint density at radius 1 is 0.889 bits per heavy atom. The third-order valence-electron chi connectivity index (χ3n) is 6.81. The highest BCUT2D eigenvalue weighted by Crippen LogP contribution is 2.29. The van der Waals surface area contributed by atoms with E-state index < -0.39 is 10.0 Å². The average Bonchev–Trinajstić information content (AvgIpc) is 2.87. The van der Waals surface area contributed by atoms with Gasteiger partial charge in [0.25, 0.3) is 0 Å². The van der Waals surface area contributed by atoms with Crippen molar-refractivity contribution in [3.63, 3.8) is 0 Å². The second kappa shape index (κ2) is 12.0. The maximum absolute atomic E-state index is 13.6. The fourth-order valence-corrected chi connectivity index (χ4v) is 6.37. The van der Waals surface area contributed by atoms with E-state index in [0.717, 1.165) is 36.8 Å². The number of nitrogens with one attached hydrogen (secondary N) is 1. The van der Waals surface area contributed by atoms with Crippen molar-refractivity contribution in [3.05, 3.63) is 101 Å². The predicted molar refractivity (Wildman–Crippen MR) is 144 cm³/mol. The largest absolute Gasteiger partial charge is 0.353 e. The topological polar surface area (TPSA) is 66.5 Å². The van der Waals surface area contributed by atoms with Crippen molar-refractivity contribution in [1.29, 1.82) is 0 Å². The molecule has 1 saturated carbocycles. The summed E-state index contributed by atoms with van der Waals surface area (Å²) in [4.78, 5) is 12.8. The summed E-state index contributed by atoms with van der Waals surface area (Å²) in [6.07, 6.45) is 3.83. The molecule has 36 heavy (non-hydrogen) atoms. The van der Waals surface area contributed by atoms with Crippen molar-refractivity contribution in [3.8, 4) is 0 Å². The predicted octanol–water partition coefficient (Wildman–Crippen LogP) is 5.76. The Hall–Kier alpha value is -2.67. The lowest BCUT2D eigenvalue weighted by atomic mass is 9.86. The van der Waals surface area contributed by atoms with Crippen LogP contribution >= 0.6 is 11.6 Å². The van der Waals surface area contributed by atoms with Crippen LogP contribution in [0, 0.1) is 12.8 Å². The van der Waals surface area contributed by atoms with Crippen LogP contribution in [0.25, 0.3) is 0 Å². The molecule has 1 fully saturated rings. The number of amides is 1. The van der Waals surface area contributed by atoms with E-state index in [2.05, 4.69) is 5.32 Å². The van der Waals surface area contributed by atoms with Gasteiger partial charge >= 0.3 is 0 Å². The van der Waals surface area contributed by atoms with Gasteiger partial charge in [0.15, 0.2) is 0 Å². The highest BCUT2D eigenvalue weighted by atomic mass is 35.5. The van der Waals surface area contributed by atoms with Crippen LogP contribution in [0.4, 0.5) is 0 Å². The molecule has 0 spiro atoms. The SMILES string of the molecule is Cc1ccc(CC(=O)NC2CCC(CN(Cc3ccccc3)S(=O)(=O)c3ccc(Cl)cc3)CC2)cc1. The van der Waals surface area contributed by atoms with Gasteiger partial charge in [0.2, 0.25) is 15.9 Å². The molecule has 1 aliphatic carbocycles. The third-order valence-corrected chi connectivity index (χ3v) is 8.89. The van der Waals surface area contributed by atoms with Gasteiger partial charge in [-0.1, -0.05) is 71.8 Å². The number of sulfonamides is 1. The number of benzene rings is 3. The maximum atomic E-state index is 13.6. The van der Waals surface area contributed by atoms with Gasteiger partial charge in [-0.15, -0.1) is 0 Å². The lowest BCUT2D eigenvalue weighted by Crippen LogP contribution is -2.41. The second-order valence-electron chi connectivity index (χ2n) is 9.68. The molecule has 3 aromatic carbocycles. The molecule has 4 rings (SSSR count). The molecule has 3 aromatic rings. The average molecular weight is 525 g/mol. The molecule has 0 radical (unpaired) electrons. The van der Waals surface area contributed by atoms with E-state index in [1.54, 1.807) is 28.6 Å². The highest BCUT2D eigenvalue weighted by molar-refractivity contribution is 7.89. The first kappa shape index (κ1) is 26.4. The van der Waals surface area contributed by atoms with Gasteiger partial charge in [-0.2, -0.15) is 4.31 Å². The Kier molecular flexibility index (Phi) is 8.83. The van der Waals surface area contributed by atoms with Crippen LogP contribution in [0.5, 0.6) is 0 Å². The molecule has 0 bridgehead atoms. The van der Waals surface area contributed by atoms with Crippen LogP contribution in [0.1, 0.15) is 42.4 Å². The normalized spacial score (nSPS) is 18.2. The monoisotopic (exact) mass is 524 g/mol. The molecule has 0 heterocycles. The van der Waals surface area contributed by atoms with Gasteiger partial charge in [-0.05, 0) is 73.9 Å². The van der Waals surface area contributed by atoms with Crippen molar-refractivity contribution in [2.75, 3.05) is 6.54 Å². The standard InChI is InChI=1S/C29H33ClN2O3S/c1-22-7-9-23(10-8-22)19-29(33)31-27-15-11-25(12-16-27)21-32(20-24-5-3-2-4-6-24)36(34,35)28-17-13-26(30)14-18-28/h2-10,13-14,17-18,25,27H,11-12,15-16,19-21H2,1H3,(H,31,33). The van der Waals surface area contributed by atoms with E-state index in [1.807, 2.05) is 61.5 Å². The molecule has 190 valence electrons. The Balaban J connectivity index is 1.37. The minimum Gasteiger partial charge on any atom is -0.353 e. The van der Waals surface area contributed by atoms with Gasteiger partial charge < -0.3 is 5.32 Å². The number of hydrogen-bond acceptors (Lipinski definition) is 3. The summed E-state index contributed by atoms with van der Waals surface area (Å²) in [5, 5.41) is 3.68. The molecule has 0 aromatic heterocycles. The summed E-state index contributed by atoms with van der Waals surface area (Å²) in [5.74, 6) is 0.277. The Morgan fingerprint density at radius 2 is 1.53 bits per heavy atom. The summed E-state index contributed by atoms with van der Waals surface area (Å²) in [7, 11) is -3.68. The zero-order valence-electron chi connectivity index (χ0n) is 20.6. The lowest BCUT2D eigenvalue weighted by Gasteiger charge is -2.33. The third kappa shape index (κ3) is 7.19. The lowest BCUT2D eigenvalue weighted by molar-refractivity contribution is -0.121. The number of rotatable bonds is 9. The van der Waals surface area contributed by atoms with E-state index in [4.69, 9.17) is 11.6 Å². The van der Waals surface area contributed by atoms with Crippen LogP contribution in [-0.4, -0.2) is 31.2 Å². The first-order valence-electron chi connectivity index (χ1n) is 12.4. The van der Waals surface area contributed by atoms with Crippen LogP contribution in [0.2, 0.25) is 5.02 Å². The summed E-state index contributed by atoms with van der Waals surface area (Å²) in [6.45, 7) is 2.80. The molecule has 0 aliphatic heterocycles. The van der Waals surface area contributed by atoms with Gasteiger partial charge in [-0.3, -0.25) is 4.79 Å². The van der Waals surface area contributed by atoms with E-state index >= 15 is 0 Å². The Bertz CT molecular complexity index is 1240. The van der Waals surface area contributed by atoms with Crippen molar-refractivity contribution in [2.24, 2.45) is 5.92 Å². The number of halogens is 1. The van der Waals surface area contributed by atoms with E-state index in [-0.39, 0.29) is 22.8 Å². The molecular formula is C29H33ClN2O3S. The van der Waals surface area contributed by atoms with Crippen LogP contribution in [-0.2, 0) is 27.8 Å². The summed E-state index contributed by atoms with van der Waals surface area (Å²) in [6, 6.07) is 24.2. The molecule has 0 atom stereocenters. The number of carbonyl (C=O) groups is 1. The number of aryl methyl sites for hydroxylation is 1. The molecular weight excluding hydrogens is 492 g/mol.